The van der Waals surface area contributed by atoms with E-state index < -0.39 is 0 Å². The molecule has 1 unspecified atom stereocenters. The van der Waals surface area contributed by atoms with Crippen LogP contribution in [0, 0.1) is 11.3 Å². The summed E-state index contributed by atoms with van der Waals surface area (Å²) < 4.78 is 0. The molecule has 17 heavy (non-hydrogen) atoms. The first kappa shape index (κ1) is 14.5. The predicted molar refractivity (Wildman–Crippen MR) is 71.6 cm³/mol. The normalized spacial score (nSPS) is 25.6. The molecule has 2 atom stereocenters. The molecule has 1 fully saturated rings. The molecule has 1 amide bonds. The summed E-state index contributed by atoms with van der Waals surface area (Å²) in [5, 5.41) is 3.15. The van der Waals surface area contributed by atoms with Gasteiger partial charge in [0.1, 0.15) is 0 Å². The van der Waals surface area contributed by atoms with Gasteiger partial charge in [-0.3, -0.25) is 4.79 Å². The Morgan fingerprint density at radius 2 is 2.06 bits per heavy atom. The van der Waals surface area contributed by atoms with Crippen LogP contribution in [0.1, 0.15) is 59.8 Å². The fourth-order valence-electron chi connectivity index (χ4n) is 2.66. The second-order valence-electron chi connectivity index (χ2n) is 6.53. The standard InChI is InChI=1S/C14H28N2O/c1-10(2)9-11(15)13(17)16-12-7-5-6-8-14(12,3)4/h10-12H,5-9,15H2,1-4H3,(H,16,17)/t11-,12?/m1/s1. The molecule has 1 saturated carbocycles. The van der Waals surface area contributed by atoms with E-state index in [2.05, 4.69) is 33.0 Å². The number of amides is 1. The van der Waals surface area contributed by atoms with Crippen LogP contribution in [0.25, 0.3) is 0 Å². The number of nitrogens with one attached hydrogen (secondary N) is 1. The first-order chi connectivity index (χ1) is 7.83. The number of nitrogens with two attached hydrogens (primary N) is 1. The smallest absolute Gasteiger partial charge is 0.237 e. The number of hydrogen-bond acceptors (Lipinski definition) is 2. The molecular weight excluding hydrogens is 212 g/mol. The average Bonchev–Trinajstić information content (AvgIpc) is 2.19. The van der Waals surface area contributed by atoms with E-state index in [1.165, 1.54) is 19.3 Å². The summed E-state index contributed by atoms with van der Waals surface area (Å²) in [7, 11) is 0. The highest BCUT2D eigenvalue weighted by Crippen LogP contribution is 2.35. The summed E-state index contributed by atoms with van der Waals surface area (Å²) in [6.07, 6.45) is 5.54. The maximum atomic E-state index is 12.0. The van der Waals surface area contributed by atoms with Gasteiger partial charge in [-0.1, -0.05) is 40.5 Å². The van der Waals surface area contributed by atoms with Crippen LogP contribution in [-0.4, -0.2) is 18.0 Å². The maximum absolute atomic E-state index is 12.0. The zero-order chi connectivity index (χ0) is 13.1. The van der Waals surface area contributed by atoms with Gasteiger partial charge in [0, 0.05) is 6.04 Å². The van der Waals surface area contributed by atoms with E-state index in [0.717, 1.165) is 12.8 Å². The van der Waals surface area contributed by atoms with Crippen molar-refractivity contribution in [3.05, 3.63) is 0 Å². The van der Waals surface area contributed by atoms with Crippen LogP contribution in [0.4, 0.5) is 0 Å². The Labute approximate surface area is 106 Å². The molecule has 3 nitrogen and oxygen atoms in total. The van der Waals surface area contributed by atoms with Gasteiger partial charge in [0.15, 0.2) is 0 Å². The van der Waals surface area contributed by atoms with Crippen LogP contribution < -0.4 is 11.1 Å². The fourth-order valence-corrected chi connectivity index (χ4v) is 2.66. The molecule has 3 heteroatoms. The van der Waals surface area contributed by atoms with Gasteiger partial charge in [0.05, 0.1) is 6.04 Å². The van der Waals surface area contributed by atoms with Crippen LogP contribution in [0.3, 0.4) is 0 Å². The predicted octanol–water partition coefficient (Wildman–Crippen LogP) is 2.44. The Bertz CT molecular complexity index is 261. The lowest BCUT2D eigenvalue weighted by Gasteiger charge is -2.39. The lowest BCUT2D eigenvalue weighted by molar-refractivity contribution is -0.124. The van der Waals surface area contributed by atoms with Gasteiger partial charge in [-0.15, -0.1) is 0 Å². The van der Waals surface area contributed by atoms with Gasteiger partial charge < -0.3 is 11.1 Å². The number of carbonyl (C=O) groups excluding carboxylic acids is 1. The lowest BCUT2D eigenvalue weighted by atomic mass is 9.73. The van der Waals surface area contributed by atoms with Crippen molar-refractivity contribution >= 4 is 5.91 Å². The van der Waals surface area contributed by atoms with Crippen molar-refractivity contribution < 1.29 is 4.79 Å². The SMILES string of the molecule is CC(C)C[C@@H](N)C(=O)NC1CCCCC1(C)C. The largest absolute Gasteiger partial charge is 0.351 e. The molecule has 0 aromatic carbocycles. The number of carbonyl (C=O) groups is 1. The molecule has 1 aliphatic carbocycles. The minimum atomic E-state index is -0.354. The molecule has 0 aromatic heterocycles. The minimum absolute atomic E-state index is 0.0266. The Morgan fingerprint density at radius 1 is 1.41 bits per heavy atom. The number of hydrogen-bond donors (Lipinski definition) is 2. The van der Waals surface area contributed by atoms with E-state index in [4.69, 9.17) is 5.73 Å². The monoisotopic (exact) mass is 240 g/mol. The zero-order valence-electron chi connectivity index (χ0n) is 11.8. The molecule has 0 aliphatic heterocycles. The number of rotatable bonds is 4. The Hall–Kier alpha value is -0.570. The van der Waals surface area contributed by atoms with Crippen LogP contribution >= 0.6 is 0 Å². The molecule has 0 spiro atoms. The van der Waals surface area contributed by atoms with Crippen molar-refractivity contribution in [3.63, 3.8) is 0 Å². The van der Waals surface area contributed by atoms with Gasteiger partial charge in [0.2, 0.25) is 5.91 Å². The zero-order valence-corrected chi connectivity index (χ0v) is 11.8. The first-order valence-corrected chi connectivity index (χ1v) is 6.89. The van der Waals surface area contributed by atoms with Crippen LogP contribution in [0.2, 0.25) is 0 Å². The summed E-state index contributed by atoms with van der Waals surface area (Å²) >= 11 is 0. The minimum Gasteiger partial charge on any atom is -0.351 e. The van der Waals surface area contributed by atoms with Crippen LogP contribution in [0.5, 0.6) is 0 Å². The summed E-state index contributed by atoms with van der Waals surface area (Å²) in [6, 6.07) is -0.0605. The van der Waals surface area contributed by atoms with E-state index in [0.29, 0.717) is 12.0 Å². The first-order valence-electron chi connectivity index (χ1n) is 6.89. The van der Waals surface area contributed by atoms with Gasteiger partial charge in [-0.2, -0.15) is 0 Å². The third kappa shape index (κ3) is 4.30. The van der Waals surface area contributed by atoms with E-state index in [9.17, 15) is 4.79 Å². The van der Waals surface area contributed by atoms with E-state index in [-0.39, 0.29) is 17.4 Å². The summed E-state index contributed by atoms with van der Waals surface area (Å²) in [5.74, 6) is 0.494. The molecule has 0 heterocycles. The maximum Gasteiger partial charge on any atom is 0.237 e. The van der Waals surface area contributed by atoms with Crippen molar-refractivity contribution in [2.45, 2.75) is 71.9 Å². The highest BCUT2D eigenvalue weighted by Gasteiger charge is 2.33. The highest BCUT2D eigenvalue weighted by molar-refractivity contribution is 5.81. The van der Waals surface area contributed by atoms with Gasteiger partial charge in [0.25, 0.3) is 0 Å². The second kappa shape index (κ2) is 5.85. The van der Waals surface area contributed by atoms with Gasteiger partial charge in [-0.25, -0.2) is 0 Å². The molecule has 1 rings (SSSR count). The van der Waals surface area contributed by atoms with Crippen molar-refractivity contribution in [1.29, 1.82) is 0 Å². The van der Waals surface area contributed by atoms with Crippen LogP contribution in [-0.2, 0) is 4.79 Å². The van der Waals surface area contributed by atoms with Crippen molar-refractivity contribution in [3.8, 4) is 0 Å². The summed E-state index contributed by atoms with van der Waals surface area (Å²) in [5.41, 5.74) is 6.13. The molecule has 0 saturated heterocycles. The molecule has 0 bridgehead atoms. The highest BCUT2D eigenvalue weighted by atomic mass is 16.2. The third-order valence-corrected chi connectivity index (χ3v) is 3.89. The summed E-state index contributed by atoms with van der Waals surface area (Å²) in [4.78, 5) is 12.0. The molecular formula is C14H28N2O. The lowest BCUT2D eigenvalue weighted by Crippen LogP contribution is -2.52. The van der Waals surface area contributed by atoms with Crippen molar-refractivity contribution in [2.24, 2.45) is 17.1 Å². The van der Waals surface area contributed by atoms with E-state index >= 15 is 0 Å². The molecule has 3 N–H and O–H groups in total. The molecule has 0 radical (unpaired) electrons. The van der Waals surface area contributed by atoms with Crippen molar-refractivity contribution in [2.75, 3.05) is 0 Å². The van der Waals surface area contributed by atoms with Gasteiger partial charge in [-0.05, 0) is 30.6 Å². The third-order valence-electron chi connectivity index (χ3n) is 3.89. The van der Waals surface area contributed by atoms with E-state index in [1.54, 1.807) is 0 Å². The molecule has 1 aliphatic rings. The summed E-state index contributed by atoms with van der Waals surface area (Å²) in [6.45, 7) is 8.67. The topological polar surface area (TPSA) is 55.1 Å². The van der Waals surface area contributed by atoms with Crippen LogP contribution in [0.15, 0.2) is 0 Å². The quantitative estimate of drug-likeness (QED) is 0.793. The van der Waals surface area contributed by atoms with Crippen molar-refractivity contribution in [1.82, 2.24) is 5.32 Å². The Balaban J connectivity index is 2.49. The second-order valence-corrected chi connectivity index (χ2v) is 6.53. The Morgan fingerprint density at radius 3 is 2.59 bits per heavy atom. The average molecular weight is 240 g/mol. The van der Waals surface area contributed by atoms with E-state index in [1.807, 2.05) is 0 Å². The Kier molecular flexibility index (Phi) is 4.99. The fraction of sp³-hybridized carbons (Fsp3) is 0.929. The molecule has 100 valence electrons. The molecule has 0 aromatic rings. The van der Waals surface area contributed by atoms with Gasteiger partial charge >= 0.3 is 0 Å².